The third-order valence-corrected chi connectivity index (χ3v) is 11.3. The van der Waals surface area contributed by atoms with E-state index in [9.17, 15) is 0 Å². The molecule has 1 nitrogen and oxygen atoms in total. The monoisotopic (exact) mass is 259 g/mol. The van der Waals surface area contributed by atoms with Crippen LogP contribution in [0.15, 0.2) is 0 Å². The molecule has 0 spiro atoms. The van der Waals surface area contributed by atoms with Crippen LogP contribution in [0.3, 0.4) is 0 Å². The zero-order chi connectivity index (χ0) is 5.78. The van der Waals surface area contributed by atoms with Crippen LogP contribution >= 0.6 is 44.1 Å². The molecule has 8 heavy (non-hydrogen) atoms. The maximum absolute atomic E-state index is 4.99. The molecule has 46 valence electrons. The summed E-state index contributed by atoms with van der Waals surface area (Å²) >= 11 is 6.24. The van der Waals surface area contributed by atoms with Gasteiger partial charge < -0.3 is 0 Å². The zero-order valence-electron chi connectivity index (χ0n) is 4.40. The number of alkyl halides is 2. The van der Waals surface area contributed by atoms with E-state index < -0.39 is 20.1 Å². The predicted octanol–water partition coefficient (Wildman–Crippen LogP) is 1.76. The Bertz CT molecular complexity index is 160. The van der Waals surface area contributed by atoms with E-state index in [1.54, 1.807) is 0 Å². The molecule has 2 aliphatic rings. The van der Waals surface area contributed by atoms with Crippen molar-refractivity contribution in [3.63, 3.8) is 0 Å². The van der Waals surface area contributed by atoms with Gasteiger partial charge in [0.15, 0.2) is 0 Å². The van der Waals surface area contributed by atoms with E-state index >= 15 is 0 Å². The van der Waals surface area contributed by atoms with E-state index in [0.29, 0.717) is 2.75 Å². The molecule has 0 saturated carbocycles. The van der Waals surface area contributed by atoms with Crippen LogP contribution in [-0.4, -0.2) is 11.5 Å². The fraction of sp³-hybridized carbons (Fsp3) is 0.750. The van der Waals surface area contributed by atoms with Gasteiger partial charge >= 0.3 is 66.0 Å². The summed E-state index contributed by atoms with van der Waals surface area (Å²) in [5.41, 5.74) is 0. The standard InChI is InChI=1S/C4H6INS2/c1-4-2-5(4)6-3(7)8-4/h2H2,1H3,(H,6,7). The second-order valence-corrected chi connectivity index (χ2v) is 10.7. The molecule has 0 aromatic carbocycles. The molecule has 0 aliphatic carbocycles. The molecule has 2 saturated heterocycles. The van der Waals surface area contributed by atoms with Gasteiger partial charge in [-0.15, -0.1) is 0 Å². The summed E-state index contributed by atoms with van der Waals surface area (Å²) < 4.78 is 6.56. The molecule has 2 aliphatic heterocycles. The van der Waals surface area contributed by atoms with E-state index in [-0.39, 0.29) is 0 Å². The third kappa shape index (κ3) is 0.690. The number of hydrogen-bond acceptors (Lipinski definition) is 2. The molecule has 0 radical (unpaired) electrons. The Balaban J connectivity index is 2.21. The summed E-state index contributed by atoms with van der Waals surface area (Å²) in [5.74, 6) is 0. The normalized spacial score (nSPS) is 46.1. The fourth-order valence-electron chi connectivity index (χ4n) is 0.726. The Labute approximate surface area is 65.7 Å². The average molecular weight is 259 g/mol. The zero-order valence-corrected chi connectivity index (χ0v) is 8.19. The van der Waals surface area contributed by atoms with Crippen molar-refractivity contribution in [1.82, 2.24) is 3.53 Å². The van der Waals surface area contributed by atoms with Crippen LogP contribution in [0.1, 0.15) is 6.92 Å². The number of hydrogen-bond donors (Lipinski definition) is 1. The Hall–Kier alpha value is 0.970. The second-order valence-electron chi connectivity index (χ2n) is 2.08. The summed E-state index contributed by atoms with van der Waals surface area (Å²) in [6.07, 6.45) is 0. The molecule has 0 aromatic heterocycles. The first-order valence-electron chi connectivity index (χ1n) is 2.36. The molecular formula is C4H6INS2. The minimum atomic E-state index is -0.636. The number of rotatable bonds is 0. The van der Waals surface area contributed by atoms with Crippen molar-refractivity contribution in [1.29, 1.82) is 0 Å². The van der Waals surface area contributed by atoms with E-state index in [2.05, 4.69) is 10.5 Å². The molecule has 2 rings (SSSR count). The minimum absolute atomic E-state index is 0.636. The van der Waals surface area contributed by atoms with E-state index in [0.717, 1.165) is 4.32 Å². The van der Waals surface area contributed by atoms with Crippen LogP contribution in [0.25, 0.3) is 0 Å². The number of halogens is 1. The molecule has 1 unspecified atom stereocenters. The Kier molecular flexibility index (Phi) is 1.09. The summed E-state index contributed by atoms with van der Waals surface area (Å²) in [6, 6.07) is 0. The van der Waals surface area contributed by atoms with Crippen LogP contribution in [-0.2, 0) is 0 Å². The summed E-state index contributed by atoms with van der Waals surface area (Å²) in [6.45, 7) is 2.33. The van der Waals surface area contributed by atoms with Gasteiger partial charge in [-0.25, -0.2) is 0 Å². The maximum atomic E-state index is 4.99. The molecule has 1 atom stereocenters. The van der Waals surface area contributed by atoms with Crippen molar-refractivity contribution in [2.45, 2.75) is 9.68 Å². The number of fused-ring (bicyclic) bond motifs is 1. The fourth-order valence-corrected chi connectivity index (χ4v) is 10.3. The van der Waals surface area contributed by atoms with Crippen molar-refractivity contribution >= 4 is 48.4 Å². The first kappa shape index (κ1) is 5.73. The second kappa shape index (κ2) is 1.52. The number of nitrogens with one attached hydrogen (secondary N) is 1. The summed E-state index contributed by atoms with van der Waals surface area (Å²) in [7, 11) is 0. The van der Waals surface area contributed by atoms with Gasteiger partial charge in [0, 0.05) is 0 Å². The van der Waals surface area contributed by atoms with E-state index in [1.165, 1.54) is 4.43 Å². The van der Waals surface area contributed by atoms with E-state index in [4.69, 9.17) is 12.2 Å². The Morgan fingerprint density at radius 1 is 2.00 bits per heavy atom. The Morgan fingerprint density at radius 2 is 2.75 bits per heavy atom. The van der Waals surface area contributed by atoms with Gasteiger partial charge in [0.25, 0.3) is 0 Å². The van der Waals surface area contributed by atoms with Crippen molar-refractivity contribution in [3.05, 3.63) is 0 Å². The van der Waals surface area contributed by atoms with Gasteiger partial charge in [0.2, 0.25) is 0 Å². The quantitative estimate of drug-likeness (QED) is 0.308. The molecule has 1 N–H and O–H groups in total. The van der Waals surface area contributed by atoms with Gasteiger partial charge in [-0.3, -0.25) is 0 Å². The van der Waals surface area contributed by atoms with Crippen LogP contribution in [0.5, 0.6) is 0 Å². The van der Waals surface area contributed by atoms with Gasteiger partial charge in [0.05, 0.1) is 0 Å². The first-order chi connectivity index (χ1) is 3.71. The van der Waals surface area contributed by atoms with Gasteiger partial charge in [-0.2, -0.15) is 0 Å². The summed E-state index contributed by atoms with van der Waals surface area (Å²) in [5, 5.41) is 0. The number of thiocarbonyl (C=S) groups is 1. The van der Waals surface area contributed by atoms with Crippen molar-refractivity contribution < 1.29 is 0 Å². The first-order valence-corrected chi connectivity index (χ1v) is 7.27. The van der Waals surface area contributed by atoms with Gasteiger partial charge in [-0.05, 0) is 0 Å². The molecule has 0 aromatic rings. The summed E-state index contributed by atoms with van der Waals surface area (Å²) in [4.78, 5) is 0. The topological polar surface area (TPSA) is 12.0 Å². The van der Waals surface area contributed by atoms with Crippen LogP contribution in [0.4, 0.5) is 0 Å². The Morgan fingerprint density at radius 3 is 3.00 bits per heavy atom. The predicted molar refractivity (Wildman–Crippen MR) is 50.6 cm³/mol. The molecule has 0 bridgehead atoms. The van der Waals surface area contributed by atoms with Crippen molar-refractivity contribution in [3.8, 4) is 0 Å². The molecular weight excluding hydrogens is 253 g/mol. The molecule has 2 fully saturated rings. The van der Waals surface area contributed by atoms with Crippen LogP contribution in [0, 0.1) is 0 Å². The number of thioether (sulfide) groups is 1. The van der Waals surface area contributed by atoms with E-state index in [1.807, 2.05) is 11.8 Å². The molecule has 0 amide bonds. The van der Waals surface area contributed by atoms with Gasteiger partial charge in [-0.1, -0.05) is 0 Å². The van der Waals surface area contributed by atoms with Gasteiger partial charge in [0.1, 0.15) is 0 Å². The van der Waals surface area contributed by atoms with Crippen molar-refractivity contribution in [2.24, 2.45) is 0 Å². The molecule has 4 heteroatoms. The average Bonchev–Trinajstić information content (AvgIpc) is 2.07. The SMILES string of the molecule is CC12CI1NC(=S)S2. The third-order valence-electron chi connectivity index (χ3n) is 1.27. The molecule has 2 heterocycles. The van der Waals surface area contributed by atoms with Crippen molar-refractivity contribution in [2.75, 3.05) is 4.43 Å². The van der Waals surface area contributed by atoms with Crippen LogP contribution < -0.4 is 3.53 Å². The van der Waals surface area contributed by atoms with Crippen LogP contribution in [0.2, 0.25) is 0 Å².